The predicted molar refractivity (Wildman–Crippen MR) is 100 cm³/mol. The van der Waals surface area contributed by atoms with Gasteiger partial charge in [0.05, 0.1) is 0 Å². The van der Waals surface area contributed by atoms with E-state index < -0.39 is 0 Å². The standard InChI is InChI=1S/C22H26O3/c23-21(19-11-3-1-4-12-19)15-7-9-17-25-18-10-8-16-22(24)20-13-5-2-6-14-20/h1-6,11-14H,7-10,15-18H2. The second-order valence-electron chi connectivity index (χ2n) is 6.10. The van der Waals surface area contributed by atoms with Crippen molar-refractivity contribution in [3.63, 3.8) is 0 Å². The molecule has 0 amide bonds. The molecule has 0 aliphatic rings. The van der Waals surface area contributed by atoms with Crippen LogP contribution in [0.25, 0.3) is 0 Å². The fourth-order valence-corrected chi connectivity index (χ4v) is 2.62. The van der Waals surface area contributed by atoms with Crippen molar-refractivity contribution in [2.75, 3.05) is 13.2 Å². The average Bonchev–Trinajstić information content (AvgIpc) is 2.67. The SMILES string of the molecule is O=C(CCCCOCCCCC(=O)c1ccccc1)c1ccccc1. The smallest absolute Gasteiger partial charge is 0.162 e. The maximum absolute atomic E-state index is 11.9. The highest BCUT2D eigenvalue weighted by Crippen LogP contribution is 2.08. The van der Waals surface area contributed by atoms with Gasteiger partial charge < -0.3 is 4.74 Å². The second kappa shape index (κ2) is 11.3. The van der Waals surface area contributed by atoms with Crippen LogP contribution >= 0.6 is 0 Å². The molecule has 0 atom stereocenters. The van der Waals surface area contributed by atoms with Crippen molar-refractivity contribution in [1.29, 1.82) is 0 Å². The Kier molecular flexibility index (Phi) is 8.64. The van der Waals surface area contributed by atoms with E-state index in [1.807, 2.05) is 60.7 Å². The van der Waals surface area contributed by atoms with E-state index in [-0.39, 0.29) is 11.6 Å². The Hall–Kier alpha value is -2.26. The number of unbranched alkanes of at least 4 members (excludes halogenated alkanes) is 2. The summed E-state index contributed by atoms with van der Waals surface area (Å²) in [6.07, 6.45) is 4.61. The molecule has 0 unspecified atom stereocenters. The molecular weight excluding hydrogens is 312 g/mol. The Bertz CT molecular complexity index is 577. The van der Waals surface area contributed by atoms with Gasteiger partial charge in [-0.15, -0.1) is 0 Å². The van der Waals surface area contributed by atoms with Crippen LogP contribution in [-0.2, 0) is 4.74 Å². The normalized spacial score (nSPS) is 10.6. The summed E-state index contributed by atoms with van der Waals surface area (Å²) >= 11 is 0. The molecule has 0 N–H and O–H groups in total. The van der Waals surface area contributed by atoms with Gasteiger partial charge in [-0.1, -0.05) is 60.7 Å². The lowest BCUT2D eigenvalue weighted by molar-refractivity contribution is 0.0960. The largest absolute Gasteiger partial charge is 0.381 e. The highest BCUT2D eigenvalue weighted by atomic mass is 16.5. The number of rotatable bonds is 12. The summed E-state index contributed by atoms with van der Waals surface area (Å²) in [6.45, 7) is 1.35. The van der Waals surface area contributed by atoms with Crippen molar-refractivity contribution in [2.45, 2.75) is 38.5 Å². The van der Waals surface area contributed by atoms with E-state index in [1.165, 1.54) is 0 Å². The zero-order valence-corrected chi connectivity index (χ0v) is 14.7. The summed E-state index contributed by atoms with van der Waals surface area (Å²) in [5.41, 5.74) is 1.57. The topological polar surface area (TPSA) is 43.4 Å². The number of Topliss-reactive ketones (excluding diaryl/α,β-unsaturated/α-hetero) is 2. The molecule has 2 aromatic rings. The first-order chi connectivity index (χ1) is 12.3. The zero-order valence-electron chi connectivity index (χ0n) is 14.7. The van der Waals surface area contributed by atoms with E-state index in [1.54, 1.807) is 0 Å². The molecule has 0 heterocycles. The van der Waals surface area contributed by atoms with E-state index in [0.717, 1.165) is 36.8 Å². The van der Waals surface area contributed by atoms with Gasteiger partial charge in [0.25, 0.3) is 0 Å². The third-order valence-corrected chi connectivity index (χ3v) is 4.08. The van der Waals surface area contributed by atoms with Gasteiger partial charge in [-0.3, -0.25) is 9.59 Å². The highest BCUT2D eigenvalue weighted by Gasteiger charge is 2.05. The summed E-state index contributed by atoms with van der Waals surface area (Å²) in [5.74, 6) is 0.389. The minimum Gasteiger partial charge on any atom is -0.381 e. The lowest BCUT2D eigenvalue weighted by atomic mass is 10.1. The summed E-state index contributed by atoms with van der Waals surface area (Å²) in [5, 5.41) is 0. The van der Waals surface area contributed by atoms with Crippen LogP contribution < -0.4 is 0 Å². The molecule has 0 saturated heterocycles. The number of carbonyl (C=O) groups excluding carboxylic acids is 2. The van der Waals surface area contributed by atoms with Crippen molar-refractivity contribution < 1.29 is 14.3 Å². The lowest BCUT2D eigenvalue weighted by Gasteiger charge is -2.05. The first kappa shape index (κ1) is 19.1. The van der Waals surface area contributed by atoms with Gasteiger partial charge >= 0.3 is 0 Å². The number of hydrogen-bond acceptors (Lipinski definition) is 3. The van der Waals surface area contributed by atoms with Gasteiger partial charge in [-0.05, 0) is 25.7 Å². The summed E-state index contributed by atoms with van der Waals surface area (Å²) in [6, 6.07) is 18.8. The Morgan fingerprint density at radius 2 is 1.00 bits per heavy atom. The predicted octanol–water partition coefficient (Wildman–Crippen LogP) is 5.11. The van der Waals surface area contributed by atoms with E-state index in [9.17, 15) is 9.59 Å². The third-order valence-electron chi connectivity index (χ3n) is 4.08. The third kappa shape index (κ3) is 7.44. The van der Waals surface area contributed by atoms with Gasteiger partial charge in [-0.25, -0.2) is 0 Å². The lowest BCUT2D eigenvalue weighted by Crippen LogP contribution is -2.02. The van der Waals surface area contributed by atoms with Crippen molar-refractivity contribution in [2.24, 2.45) is 0 Å². The van der Waals surface area contributed by atoms with E-state index >= 15 is 0 Å². The van der Waals surface area contributed by atoms with Crippen LogP contribution in [0.4, 0.5) is 0 Å². The minimum atomic E-state index is 0.194. The fraction of sp³-hybridized carbons (Fsp3) is 0.364. The van der Waals surface area contributed by atoms with Crippen LogP contribution in [0.15, 0.2) is 60.7 Å². The molecule has 0 aliphatic carbocycles. The maximum atomic E-state index is 11.9. The van der Waals surface area contributed by atoms with Crippen LogP contribution in [-0.4, -0.2) is 24.8 Å². The van der Waals surface area contributed by atoms with E-state index in [2.05, 4.69) is 0 Å². The Morgan fingerprint density at radius 3 is 1.40 bits per heavy atom. The van der Waals surface area contributed by atoms with Gasteiger partial charge in [0, 0.05) is 37.2 Å². The minimum absolute atomic E-state index is 0.194. The van der Waals surface area contributed by atoms with Crippen molar-refractivity contribution in [1.82, 2.24) is 0 Å². The Balaban J connectivity index is 1.45. The first-order valence-electron chi connectivity index (χ1n) is 9.01. The summed E-state index contributed by atoms with van der Waals surface area (Å²) < 4.78 is 5.59. The number of ketones is 2. The molecule has 0 bridgehead atoms. The molecule has 132 valence electrons. The van der Waals surface area contributed by atoms with Crippen LogP contribution in [0.5, 0.6) is 0 Å². The number of hydrogen-bond donors (Lipinski definition) is 0. The molecule has 0 aromatic heterocycles. The van der Waals surface area contributed by atoms with E-state index in [4.69, 9.17) is 4.74 Å². The molecule has 0 radical (unpaired) electrons. The highest BCUT2D eigenvalue weighted by molar-refractivity contribution is 5.96. The molecule has 0 aliphatic heterocycles. The molecule has 25 heavy (non-hydrogen) atoms. The molecular formula is C22H26O3. The molecule has 0 spiro atoms. The number of carbonyl (C=O) groups is 2. The van der Waals surface area contributed by atoms with Gasteiger partial charge in [-0.2, -0.15) is 0 Å². The van der Waals surface area contributed by atoms with Gasteiger partial charge in [0.1, 0.15) is 0 Å². The molecule has 0 fully saturated rings. The van der Waals surface area contributed by atoms with Crippen LogP contribution in [0.2, 0.25) is 0 Å². The van der Waals surface area contributed by atoms with E-state index in [0.29, 0.717) is 26.1 Å². The van der Waals surface area contributed by atoms with Crippen LogP contribution in [0.1, 0.15) is 59.2 Å². The summed E-state index contributed by atoms with van der Waals surface area (Å²) in [7, 11) is 0. The molecule has 2 aromatic carbocycles. The number of benzene rings is 2. The Labute approximate surface area is 150 Å². The van der Waals surface area contributed by atoms with Gasteiger partial charge in [0.15, 0.2) is 11.6 Å². The number of ether oxygens (including phenoxy) is 1. The Morgan fingerprint density at radius 1 is 0.600 bits per heavy atom. The molecule has 3 heteroatoms. The monoisotopic (exact) mass is 338 g/mol. The van der Waals surface area contributed by atoms with Crippen molar-refractivity contribution >= 4 is 11.6 Å². The second-order valence-corrected chi connectivity index (χ2v) is 6.10. The van der Waals surface area contributed by atoms with Crippen molar-refractivity contribution in [3.8, 4) is 0 Å². The average molecular weight is 338 g/mol. The van der Waals surface area contributed by atoms with Crippen LogP contribution in [0, 0.1) is 0 Å². The quantitative estimate of drug-likeness (QED) is 0.399. The first-order valence-corrected chi connectivity index (χ1v) is 9.01. The molecule has 0 saturated carbocycles. The maximum Gasteiger partial charge on any atom is 0.162 e. The summed E-state index contributed by atoms with van der Waals surface area (Å²) in [4.78, 5) is 23.9. The van der Waals surface area contributed by atoms with Crippen molar-refractivity contribution in [3.05, 3.63) is 71.8 Å². The molecule has 3 nitrogen and oxygen atoms in total. The van der Waals surface area contributed by atoms with Crippen LogP contribution in [0.3, 0.4) is 0 Å². The van der Waals surface area contributed by atoms with Gasteiger partial charge in [0.2, 0.25) is 0 Å². The zero-order chi connectivity index (χ0) is 17.7. The molecule has 2 rings (SSSR count). The fourth-order valence-electron chi connectivity index (χ4n) is 2.62.